The number of thioether (sulfide) groups is 1. The van der Waals surface area contributed by atoms with E-state index in [2.05, 4.69) is 28.5 Å². The van der Waals surface area contributed by atoms with Gasteiger partial charge in [-0.2, -0.15) is 11.8 Å². The summed E-state index contributed by atoms with van der Waals surface area (Å²) in [5, 5.41) is 4.10. The topological polar surface area (TPSA) is 37.8 Å². The summed E-state index contributed by atoms with van der Waals surface area (Å²) in [5.74, 6) is 3.44. The Morgan fingerprint density at radius 1 is 1.44 bits per heavy atom. The van der Waals surface area contributed by atoms with Crippen LogP contribution in [0.1, 0.15) is 43.5 Å². The first kappa shape index (κ1) is 13.9. The van der Waals surface area contributed by atoms with E-state index in [4.69, 9.17) is 11.6 Å². The Bertz CT molecular complexity index is 421. The van der Waals surface area contributed by atoms with E-state index in [1.807, 2.05) is 18.7 Å². The molecule has 1 unspecified atom stereocenters. The molecule has 0 saturated heterocycles. The Balaban J connectivity index is 2.19. The molecule has 18 heavy (non-hydrogen) atoms. The molecule has 0 aliphatic heterocycles. The van der Waals surface area contributed by atoms with Gasteiger partial charge in [0.25, 0.3) is 0 Å². The lowest BCUT2D eigenvalue weighted by Gasteiger charge is -2.18. The first-order chi connectivity index (χ1) is 8.65. The summed E-state index contributed by atoms with van der Waals surface area (Å²) < 4.78 is 0. The normalized spacial score (nSPS) is 16.7. The van der Waals surface area contributed by atoms with Crippen LogP contribution in [0.3, 0.4) is 0 Å². The van der Waals surface area contributed by atoms with Gasteiger partial charge in [0.2, 0.25) is 0 Å². The van der Waals surface area contributed by atoms with Gasteiger partial charge in [0.1, 0.15) is 16.8 Å². The molecule has 0 amide bonds. The van der Waals surface area contributed by atoms with Crippen LogP contribution >= 0.6 is 23.4 Å². The van der Waals surface area contributed by atoms with Gasteiger partial charge in [-0.3, -0.25) is 0 Å². The minimum atomic E-state index is 0.441. The van der Waals surface area contributed by atoms with Crippen LogP contribution in [0, 0.1) is 6.92 Å². The molecule has 0 aromatic carbocycles. The van der Waals surface area contributed by atoms with Gasteiger partial charge in [0.05, 0.1) is 0 Å². The van der Waals surface area contributed by atoms with Crippen LogP contribution in [0.5, 0.6) is 0 Å². The SMILES string of the molecule is CCC(CSC)Nc1nc(C2CC2)nc(Cl)c1C. The Morgan fingerprint density at radius 2 is 2.17 bits per heavy atom. The van der Waals surface area contributed by atoms with E-state index in [1.165, 1.54) is 12.8 Å². The minimum absolute atomic E-state index is 0.441. The molecule has 0 spiro atoms. The Hall–Kier alpha value is -0.480. The Morgan fingerprint density at radius 3 is 2.72 bits per heavy atom. The number of aromatic nitrogens is 2. The van der Waals surface area contributed by atoms with Crippen LogP contribution in [0.25, 0.3) is 0 Å². The number of nitrogens with zero attached hydrogens (tertiary/aromatic N) is 2. The maximum Gasteiger partial charge on any atom is 0.137 e. The summed E-state index contributed by atoms with van der Waals surface area (Å²) in [5.41, 5.74) is 0.959. The molecule has 1 N–H and O–H groups in total. The number of rotatable bonds is 6. The predicted molar refractivity (Wildman–Crippen MR) is 79.8 cm³/mol. The molecule has 1 aliphatic carbocycles. The zero-order chi connectivity index (χ0) is 13.1. The maximum absolute atomic E-state index is 6.20. The second kappa shape index (κ2) is 6.11. The molecule has 1 aromatic rings. The standard InChI is InChI=1S/C13H20ClN3S/c1-4-10(7-18-3)15-12-8(2)11(14)16-13(17-12)9-5-6-9/h9-10H,4-7H2,1-3H3,(H,15,16,17). The Labute approximate surface area is 118 Å². The summed E-state index contributed by atoms with van der Waals surface area (Å²) >= 11 is 8.05. The lowest BCUT2D eigenvalue weighted by atomic mass is 10.2. The smallest absolute Gasteiger partial charge is 0.137 e. The molecule has 1 aromatic heterocycles. The highest BCUT2D eigenvalue weighted by atomic mass is 35.5. The molecule has 2 rings (SSSR count). The van der Waals surface area contributed by atoms with Crippen molar-refractivity contribution in [2.75, 3.05) is 17.3 Å². The van der Waals surface area contributed by atoms with Gasteiger partial charge >= 0.3 is 0 Å². The first-order valence-corrected chi connectivity index (χ1v) is 8.22. The highest BCUT2D eigenvalue weighted by molar-refractivity contribution is 7.98. The van der Waals surface area contributed by atoms with E-state index >= 15 is 0 Å². The molecule has 1 atom stereocenters. The molecular formula is C13H20ClN3S. The van der Waals surface area contributed by atoms with Crippen LogP contribution in [0.15, 0.2) is 0 Å². The molecule has 1 aliphatic rings. The van der Waals surface area contributed by atoms with Crippen molar-refractivity contribution in [1.82, 2.24) is 9.97 Å². The van der Waals surface area contributed by atoms with Crippen molar-refractivity contribution in [3.05, 3.63) is 16.5 Å². The molecule has 0 bridgehead atoms. The third-order valence-corrected chi connectivity index (χ3v) is 4.35. The van der Waals surface area contributed by atoms with Gasteiger partial charge < -0.3 is 5.32 Å². The van der Waals surface area contributed by atoms with E-state index in [0.717, 1.165) is 29.4 Å². The monoisotopic (exact) mass is 285 g/mol. The largest absolute Gasteiger partial charge is 0.366 e. The van der Waals surface area contributed by atoms with Crippen molar-refractivity contribution in [3.63, 3.8) is 0 Å². The second-order valence-electron chi connectivity index (χ2n) is 4.83. The molecule has 1 saturated carbocycles. The number of hydrogen-bond acceptors (Lipinski definition) is 4. The number of hydrogen-bond donors (Lipinski definition) is 1. The van der Waals surface area contributed by atoms with Crippen LogP contribution in [0.2, 0.25) is 5.15 Å². The summed E-state index contributed by atoms with van der Waals surface area (Å²) in [6, 6.07) is 0.441. The van der Waals surface area contributed by atoms with E-state index in [-0.39, 0.29) is 0 Å². The van der Waals surface area contributed by atoms with Gasteiger partial charge in [0, 0.05) is 23.3 Å². The third-order valence-electron chi connectivity index (χ3n) is 3.25. The van der Waals surface area contributed by atoms with E-state index in [0.29, 0.717) is 17.1 Å². The second-order valence-corrected chi connectivity index (χ2v) is 6.09. The average Bonchev–Trinajstić information content (AvgIpc) is 3.18. The molecule has 5 heteroatoms. The van der Waals surface area contributed by atoms with Crippen LogP contribution in [-0.2, 0) is 0 Å². The maximum atomic E-state index is 6.20. The fraction of sp³-hybridized carbons (Fsp3) is 0.692. The molecule has 1 heterocycles. The Kier molecular flexibility index (Phi) is 4.73. The molecule has 1 fully saturated rings. The third kappa shape index (κ3) is 3.29. The van der Waals surface area contributed by atoms with Crippen molar-refractivity contribution in [3.8, 4) is 0 Å². The summed E-state index contributed by atoms with van der Waals surface area (Å²) in [4.78, 5) is 9.03. The van der Waals surface area contributed by atoms with Gasteiger partial charge in [-0.05, 0) is 32.4 Å². The van der Waals surface area contributed by atoms with Crippen molar-refractivity contribution in [2.24, 2.45) is 0 Å². The van der Waals surface area contributed by atoms with Crippen LogP contribution in [0.4, 0.5) is 5.82 Å². The quantitative estimate of drug-likeness (QED) is 0.805. The summed E-state index contributed by atoms with van der Waals surface area (Å²) in [6.07, 6.45) is 5.60. The molecule has 100 valence electrons. The lowest BCUT2D eigenvalue weighted by molar-refractivity contribution is 0.763. The van der Waals surface area contributed by atoms with E-state index < -0.39 is 0 Å². The molecule has 3 nitrogen and oxygen atoms in total. The first-order valence-electron chi connectivity index (χ1n) is 6.45. The number of halogens is 1. The molecule has 0 radical (unpaired) electrons. The summed E-state index contributed by atoms with van der Waals surface area (Å²) in [6.45, 7) is 4.17. The highest BCUT2D eigenvalue weighted by Crippen LogP contribution is 2.39. The van der Waals surface area contributed by atoms with Crippen LogP contribution < -0.4 is 5.32 Å². The average molecular weight is 286 g/mol. The van der Waals surface area contributed by atoms with Crippen molar-refractivity contribution >= 4 is 29.2 Å². The minimum Gasteiger partial charge on any atom is -0.366 e. The highest BCUT2D eigenvalue weighted by Gasteiger charge is 2.28. The number of anilines is 1. The van der Waals surface area contributed by atoms with Crippen molar-refractivity contribution in [1.29, 1.82) is 0 Å². The van der Waals surface area contributed by atoms with Crippen molar-refractivity contribution in [2.45, 2.75) is 45.1 Å². The number of nitrogens with one attached hydrogen (secondary N) is 1. The van der Waals surface area contributed by atoms with Gasteiger partial charge in [-0.25, -0.2) is 9.97 Å². The summed E-state index contributed by atoms with van der Waals surface area (Å²) in [7, 11) is 0. The zero-order valence-corrected chi connectivity index (χ0v) is 12.7. The van der Waals surface area contributed by atoms with Crippen LogP contribution in [-0.4, -0.2) is 28.0 Å². The fourth-order valence-electron chi connectivity index (χ4n) is 1.83. The lowest BCUT2D eigenvalue weighted by Crippen LogP contribution is -2.23. The van der Waals surface area contributed by atoms with E-state index in [9.17, 15) is 0 Å². The zero-order valence-electron chi connectivity index (χ0n) is 11.2. The fourth-order valence-corrected chi connectivity index (χ4v) is 2.72. The predicted octanol–water partition coefficient (Wildman–Crippen LogP) is 3.87. The van der Waals surface area contributed by atoms with Gasteiger partial charge in [-0.15, -0.1) is 0 Å². The van der Waals surface area contributed by atoms with Gasteiger partial charge in [0.15, 0.2) is 0 Å². The molecular weight excluding hydrogens is 266 g/mol. The van der Waals surface area contributed by atoms with Gasteiger partial charge in [-0.1, -0.05) is 18.5 Å². The van der Waals surface area contributed by atoms with E-state index in [1.54, 1.807) is 0 Å². The van der Waals surface area contributed by atoms with Crippen molar-refractivity contribution < 1.29 is 0 Å².